The number of benzene rings is 1. The molecule has 1 N–H and O–H groups in total. The highest BCUT2D eigenvalue weighted by molar-refractivity contribution is 5.86. The van der Waals surface area contributed by atoms with Gasteiger partial charge in [0.15, 0.2) is 5.69 Å². The molecule has 1 aromatic carbocycles. The van der Waals surface area contributed by atoms with Gasteiger partial charge in [-0.3, -0.25) is 0 Å². The van der Waals surface area contributed by atoms with Gasteiger partial charge in [0.2, 0.25) is 0 Å². The minimum Gasteiger partial charge on any atom is -0.494 e. The number of ether oxygens (including phenoxy) is 1. The average molecular weight is 301 g/mol. The van der Waals surface area contributed by atoms with Gasteiger partial charge in [0, 0.05) is 18.9 Å². The van der Waals surface area contributed by atoms with Crippen LogP contribution in [0.2, 0.25) is 0 Å². The van der Waals surface area contributed by atoms with Gasteiger partial charge in [0.25, 0.3) is 0 Å². The summed E-state index contributed by atoms with van der Waals surface area (Å²) in [6.07, 6.45) is 2.80. The number of hydrogen-bond acceptors (Lipinski definition) is 4. The van der Waals surface area contributed by atoms with Gasteiger partial charge in [-0.2, -0.15) is 0 Å². The summed E-state index contributed by atoms with van der Waals surface area (Å²) < 4.78 is 7.42. The molecule has 0 atom stereocenters. The molecule has 22 heavy (non-hydrogen) atoms. The molecular formula is C16H19N3O3. The molecule has 0 aliphatic heterocycles. The number of aromatic carboxylic acids is 1. The highest BCUT2D eigenvalue weighted by atomic mass is 16.5. The predicted octanol–water partition coefficient (Wildman–Crippen LogP) is 2.63. The minimum atomic E-state index is -0.996. The molecule has 3 rings (SSSR count). The summed E-state index contributed by atoms with van der Waals surface area (Å²) >= 11 is 0. The fourth-order valence-electron chi connectivity index (χ4n) is 2.51. The lowest BCUT2D eigenvalue weighted by Gasteiger charge is -2.08. The molecule has 0 spiro atoms. The molecule has 1 saturated carbocycles. The number of aromatic nitrogens is 3. The molecular weight excluding hydrogens is 282 g/mol. The second-order valence-corrected chi connectivity index (χ2v) is 5.64. The third kappa shape index (κ3) is 3.27. The van der Waals surface area contributed by atoms with Gasteiger partial charge in [0.05, 0.1) is 12.3 Å². The van der Waals surface area contributed by atoms with Crippen LogP contribution in [0.25, 0.3) is 0 Å². The third-order valence-corrected chi connectivity index (χ3v) is 3.71. The molecule has 2 aromatic rings. The van der Waals surface area contributed by atoms with Crippen molar-refractivity contribution in [3.8, 4) is 5.75 Å². The van der Waals surface area contributed by atoms with Gasteiger partial charge in [-0.05, 0) is 37.5 Å². The van der Waals surface area contributed by atoms with Gasteiger partial charge in [-0.15, -0.1) is 5.10 Å². The quantitative estimate of drug-likeness (QED) is 0.795. The Balaban J connectivity index is 1.57. The maximum absolute atomic E-state index is 11.2. The molecule has 0 unspecified atom stereocenters. The summed E-state index contributed by atoms with van der Waals surface area (Å²) in [7, 11) is 0. The van der Waals surface area contributed by atoms with Gasteiger partial charge >= 0.3 is 5.97 Å². The van der Waals surface area contributed by atoms with E-state index in [0.717, 1.165) is 36.3 Å². The Morgan fingerprint density at radius 2 is 2.27 bits per heavy atom. The number of hydrogen-bond donors (Lipinski definition) is 1. The first-order valence-corrected chi connectivity index (χ1v) is 7.51. The van der Waals surface area contributed by atoms with Crippen molar-refractivity contribution in [2.45, 2.75) is 38.6 Å². The van der Waals surface area contributed by atoms with Gasteiger partial charge in [0.1, 0.15) is 5.75 Å². The van der Waals surface area contributed by atoms with E-state index >= 15 is 0 Å². The molecule has 1 aliphatic carbocycles. The van der Waals surface area contributed by atoms with Crippen LogP contribution in [0, 0.1) is 6.92 Å². The molecule has 0 radical (unpaired) electrons. The molecule has 1 heterocycles. The molecule has 1 fully saturated rings. The Bertz CT molecular complexity index is 677. The van der Waals surface area contributed by atoms with Crippen LogP contribution < -0.4 is 4.74 Å². The minimum absolute atomic E-state index is 0.0992. The average Bonchev–Trinajstić information content (AvgIpc) is 3.23. The number of rotatable bonds is 7. The van der Waals surface area contributed by atoms with Crippen LogP contribution in [-0.2, 0) is 6.54 Å². The van der Waals surface area contributed by atoms with Gasteiger partial charge < -0.3 is 9.84 Å². The van der Waals surface area contributed by atoms with E-state index in [2.05, 4.69) is 10.3 Å². The molecule has 0 bridgehead atoms. The Kier molecular flexibility index (Phi) is 4.09. The van der Waals surface area contributed by atoms with Crippen LogP contribution in [0.1, 0.15) is 46.9 Å². The highest BCUT2D eigenvalue weighted by Crippen LogP contribution is 2.41. The maximum atomic E-state index is 11.2. The predicted molar refractivity (Wildman–Crippen MR) is 80.2 cm³/mol. The zero-order valence-electron chi connectivity index (χ0n) is 12.5. The number of aryl methyl sites for hydroxylation is 2. The lowest BCUT2D eigenvalue weighted by Crippen LogP contribution is -2.10. The summed E-state index contributed by atoms with van der Waals surface area (Å²) in [5.74, 6) is 0.162. The molecule has 1 aromatic heterocycles. The van der Waals surface area contributed by atoms with E-state index in [-0.39, 0.29) is 5.69 Å². The van der Waals surface area contributed by atoms with Crippen LogP contribution >= 0.6 is 0 Å². The summed E-state index contributed by atoms with van der Waals surface area (Å²) in [5, 5.41) is 16.9. The van der Waals surface area contributed by atoms with Crippen molar-refractivity contribution < 1.29 is 14.6 Å². The van der Waals surface area contributed by atoms with E-state index < -0.39 is 5.97 Å². The van der Waals surface area contributed by atoms with Crippen LogP contribution in [-0.4, -0.2) is 32.7 Å². The van der Waals surface area contributed by atoms with Gasteiger partial charge in [-0.1, -0.05) is 17.3 Å². The number of carboxylic acids is 1. The van der Waals surface area contributed by atoms with E-state index in [0.29, 0.717) is 19.1 Å². The fourth-order valence-corrected chi connectivity index (χ4v) is 2.51. The molecule has 1 aliphatic rings. The zero-order valence-corrected chi connectivity index (χ0v) is 12.5. The van der Waals surface area contributed by atoms with Crippen molar-refractivity contribution in [3.05, 3.63) is 41.2 Å². The van der Waals surface area contributed by atoms with E-state index in [1.165, 1.54) is 0 Å². The summed E-state index contributed by atoms with van der Waals surface area (Å²) in [6.45, 7) is 3.21. The second-order valence-electron chi connectivity index (χ2n) is 5.64. The topological polar surface area (TPSA) is 77.2 Å². The standard InChI is InChI=1S/C16H19N3O3/c1-11-4-2-5-13(10-11)22-9-3-8-19-15(12-6-7-12)14(16(20)21)17-18-19/h2,4-5,10,12H,3,6-9H2,1H3,(H,20,21). The molecule has 116 valence electrons. The van der Waals surface area contributed by atoms with E-state index in [9.17, 15) is 4.79 Å². The van der Waals surface area contributed by atoms with Crippen molar-refractivity contribution in [1.82, 2.24) is 15.0 Å². The van der Waals surface area contributed by atoms with Crippen LogP contribution in [0.15, 0.2) is 24.3 Å². The number of carbonyl (C=O) groups is 1. The normalized spacial score (nSPS) is 14.0. The Morgan fingerprint density at radius 1 is 1.45 bits per heavy atom. The summed E-state index contributed by atoms with van der Waals surface area (Å²) in [4.78, 5) is 11.2. The lowest BCUT2D eigenvalue weighted by atomic mass is 10.2. The van der Waals surface area contributed by atoms with Crippen molar-refractivity contribution in [2.24, 2.45) is 0 Å². The molecule has 6 heteroatoms. The monoisotopic (exact) mass is 301 g/mol. The van der Waals surface area contributed by atoms with Crippen molar-refractivity contribution in [3.63, 3.8) is 0 Å². The Labute approximate surface area is 128 Å². The maximum Gasteiger partial charge on any atom is 0.358 e. The first kappa shape index (κ1) is 14.6. The van der Waals surface area contributed by atoms with Crippen LogP contribution in [0.5, 0.6) is 5.75 Å². The molecule has 6 nitrogen and oxygen atoms in total. The summed E-state index contributed by atoms with van der Waals surface area (Å²) in [5.41, 5.74) is 2.03. The summed E-state index contributed by atoms with van der Waals surface area (Å²) in [6, 6.07) is 7.91. The van der Waals surface area contributed by atoms with Crippen LogP contribution in [0.3, 0.4) is 0 Å². The van der Waals surface area contributed by atoms with E-state index in [1.54, 1.807) is 4.68 Å². The Hall–Kier alpha value is -2.37. The van der Waals surface area contributed by atoms with E-state index in [1.807, 2.05) is 31.2 Å². The third-order valence-electron chi connectivity index (χ3n) is 3.71. The van der Waals surface area contributed by atoms with Crippen molar-refractivity contribution >= 4 is 5.97 Å². The molecule has 0 amide bonds. The Morgan fingerprint density at radius 3 is 2.95 bits per heavy atom. The SMILES string of the molecule is Cc1cccc(OCCCn2nnc(C(=O)O)c2C2CC2)c1. The fraction of sp³-hybridized carbons (Fsp3) is 0.438. The second kappa shape index (κ2) is 6.17. The number of nitrogens with zero attached hydrogens (tertiary/aromatic N) is 3. The van der Waals surface area contributed by atoms with Crippen molar-refractivity contribution in [1.29, 1.82) is 0 Å². The lowest BCUT2D eigenvalue weighted by molar-refractivity contribution is 0.0689. The zero-order chi connectivity index (χ0) is 15.5. The molecule has 0 saturated heterocycles. The first-order chi connectivity index (χ1) is 10.6. The highest BCUT2D eigenvalue weighted by Gasteiger charge is 2.33. The largest absolute Gasteiger partial charge is 0.494 e. The van der Waals surface area contributed by atoms with Crippen molar-refractivity contribution in [2.75, 3.05) is 6.61 Å². The van der Waals surface area contributed by atoms with E-state index in [4.69, 9.17) is 9.84 Å². The van der Waals surface area contributed by atoms with Gasteiger partial charge in [-0.25, -0.2) is 9.48 Å². The smallest absolute Gasteiger partial charge is 0.358 e. The first-order valence-electron chi connectivity index (χ1n) is 7.51. The number of carboxylic acid groups (broad SMARTS) is 1. The van der Waals surface area contributed by atoms with Crippen LogP contribution in [0.4, 0.5) is 0 Å².